The maximum Gasteiger partial charge on any atom is 0.191 e. The normalized spacial score (nSPS) is 14.2. The van der Waals surface area contributed by atoms with Gasteiger partial charge in [0.15, 0.2) is 5.96 Å². The predicted molar refractivity (Wildman–Crippen MR) is 88.3 cm³/mol. The second-order valence-electron chi connectivity index (χ2n) is 5.60. The molecule has 6 heteroatoms. The summed E-state index contributed by atoms with van der Waals surface area (Å²) in [5, 5.41) is 11.0. The lowest BCUT2D eigenvalue weighted by Gasteiger charge is -2.24. The first-order chi connectivity index (χ1) is 9.46. The molecule has 0 fully saturated rings. The van der Waals surface area contributed by atoms with Crippen molar-refractivity contribution in [3.8, 4) is 0 Å². The van der Waals surface area contributed by atoms with Crippen molar-refractivity contribution in [1.29, 1.82) is 0 Å². The Kier molecular flexibility index (Phi) is 6.91. The van der Waals surface area contributed by atoms with Crippen LogP contribution >= 0.6 is 11.8 Å². The third-order valence-corrected chi connectivity index (χ3v) is 4.38. The summed E-state index contributed by atoms with van der Waals surface area (Å²) < 4.78 is 2.16. The summed E-state index contributed by atoms with van der Waals surface area (Å²) in [5.41, 5.74) is 0. The zero-order chi connectivity index (χ0) is 15.0. The molecule has 1 aromatic rings. The highest BCUT2D eigenvalue weighted by Gasteiger charge is 2.16. The molecule has 0 aliphatic heterocycles. The van der Waals surface area contributed by atoms with Crippen LogP contribution in [-0.2, 0) is 6.54 Å². The van der Waals surface area contributed by atoms with Crippen molar-refractivity contribution in [2.24, 2.45) is 10.9 Å². The van der Waals surface area contributed by atoms with Gasteiger partial charge in [0.05, 0.1) is 0 Å². The van der Waals surface area contributed by atoms with Crippen LogP contribution in [0.25, 0.3) is 0 Å². The number of hydrogen-bond donors (Lipinski definition) is 2. The third-order valence-electron chi connectivity index (χ3n) is 3.13. The Bertz CT molecular complexity index is 400. The Labute approximate surface area is 126 Å². The molecule has 1 heterocycles. The highest BCUT2D eigenvalue weighted by atomic mass is 32.2. The number of thioether (sulfide) groups is 1. The molecule has 0 aliphatic carbocycles. The van der Waals surface area contributed by atoms with Gasteiger partial charge in [-0.25, -0.2) is 0 Å². The first-order valence-electron chi connectivity index (χ1n) is 6.94. The minimum absolute atomic E-state index is 0.207. The SMILES string of the molecule is CN=C(NCC(C)Cn1cccn1)NCC(C)(C)SC. The molecule has 0 amide bonds. The van der Waals surface area contributed by atoms with Gasteiger partial charge in [-0.05, 0) is 32.1 Å². The number of guanidine groups is 1. The zero-order valence-electron chi connectivity index (χ0n) is 13.2. The van der Waals surface area contributed by atoms with Crippen LogP contribution in [0.2, 0.25) is 0 Å². The molecule has 0 radical (unpaired) electrons. The first-order valence-corrected chi connectivity index (χ1v) is 8.16. The van der Waals surface area contributed by atoms with Gasteiger partial charge in [-0.3, -0.25) is 9.67 Å². The largest absolute Gasteiger partial charge is 0.356 e. The topological polar surface area (TPSA) is 54.2 Å². The average Bonchev–Trinajstić information content (AvgIpc) is 2.91. The Balaban J connectivity index is 2.31. The zero-order valence-corrected chi connectivity index (χ0v) is 14.0. The molecule has 1 aromatic heterocycles. The summed E-state index contributed by atoms with van der Waals surface area (Å²) in [6.45, 7) is 9.32. The first kappa shape index (κ1) is 16.9. The van der Waals surface area contributed by atoms with Gasteiger partial charge >= 0.3 is 0 Å². The number of aromatic nitrogens is 2. The summed E-state index contributed by atoms with van der Waals surface area (Å²) in [6, 6.07) is 1.95. The van der Waals surface area contributed by atoms with Gasteiger partial charge in [0.1, 0.15) is 0 Å². The Morgan fingerprint density at radius 1 is 1.45 bits per heavy atom. The maximum atomic E-state index is 4.26. The van der Waals surface area contributed by atoms with Crippen LogP contribution in [0.5, 0.6) is 0 Å². The van der Waals surface area contributed by atoms with Gasteiger partial charge in [-0.2, -0.15) is 16.9 Å². The van der Waals surface area contributed by atoms with Gasteiger partial charge < -0.3 is 10.6 Å². The second-order valence-corrected chi connectivity index (χ2v) is 7.12. The predicted octanol–water partition coefficient (Wildman–Crippen LogP) is 1.83. The minimum Gasteiger partial charge on any atom is -0.356 e. The molecule has 1 unspecified atom stereocenters. The van der Waals surface area contributed by atoms with E-state index < -0.39 is 0 Å². The molecule has 0 spiro atoms. The van der Waals surface area contributed by atoms with Crippen LogP contribution in [-0.4, -0.2) is 46.9 Å². The number of nitrogens with zero attached hydrogens (tertiary/aromatic N) is 3. The van der Waals surface area contributed by atoms with Crippen molar-refractivity contribution in [2.45, 2.75) is 32.1 Å². The van der Waals surface area contributed by atoms with Crippen LogP contribution in [0.1, 0.15) is 20.8 Å². The highest BCUT2D eigenvalue weighted by Crippen LogP contribution is 2.19. The van der Waals surface area contributed by atoms with E-state index in [0.717, 1.165) is 25.6 Å². The Morgan fingerprint density at radius 2 is 2.20 bits per heavy atom. The number of hydrogen-bond acceptors (Lipinski definition) is 3. The van der Waals surface area contributed by atoms with Crippen molar-refractivity contribution in [3.05, 3.63) is 18.5 Å². The van der Waals surface area contributed by atoms with Crippen LogP contribution in [0, 0.1) is 5.92 Å². The molecule has 1 rings (SSSR count). The van der Waals surface area contributed by atoms with Crippen LogP contribution in [0.3, 0.4) is 0 Å². The fourth-order valence-electron chi connectivity index (χ4n) is 1.65. The van der Waals surface area contributed by atoms with Crippen LogP contribution < -0.4 is 10.6 Å². The van der Waals surface area contributed by atoms with E-state index in [1.807, 2.05) is 34.9 Å². The Hall–Kier alpha value is -1.17. The molecule has 20 heavy (non-hydrogen) atoms. The van der Waals surface area contributed by atoms with Crippen LogP contribution in [0.15, 0.2) is 23.5 Å². The fourth-order valence-corrected chi connectivity index (χ4v) is 1.87. The summed E-state index contributed by atoms with van der Waals surface area (Å²) in [7, 11) is 1.81. The third kappa shape index (κ3) is 6.32. The van der Waals surface area contributed by atoms with E-state index in [1.165, 1.54) is 0 Å². The Morgan fingerprint density at radius 3 is 2.75 bits per heavy atom. The smallest absolute Gasteiger partial charge is 0.191 e. The molecule has 0 saturated carbocycles. The van der Waals surface area contributed by atoms with Gasteiger partial charge in [0.25, 0.3) is 0 Å². The lowest BCUT2D eigenvalue weighted by atomic mass is 10.2. The molecule has 0 aliphatic rings. The minimum atomic E-state index is 0.207. The molecule has 0 aromatic carbocycles. The average molecular weight is 297 g/mol. The lowest BCUT2D eigenvalue weighted by Crippen LogP contribution is -2.44. The molecule has 1 atom stereocenters. The van der Waals surface area contributed by atoms with Crippen molar-refractivity contribution >= 4 is 17.7 Å². The van der Waals surface area contributed by atoms with Gasteiger partial charge in [-0.1, -0.05) is 6.92 Å². The monoisotopic (exact) mass is 297 g/mol. The van der Waals surface area contributed by atoms with Gasteiger partial charge in [-0.15, -0.1) is 0 Å². The van der Waals surface area contributed by atoms with E-state index in [4.69, 9.17) is 0 Å². The molecule has 5 nitrogen and oxygen atoms in total. The van der Waals surface area contributed by atoms with E-state index in [9.17, 15) is 0 Å². The summed E-state index contributed by atoms with van der Waals surface area (Å²) in [5.74, 6) is 1.35. The fraction of sp³-hybridized carbons (Fsp3) is 0.714. The van der Waals surface area contributed by atoms with E-state index >= 15 is 0 Å². The molecule has 0 bridgehead atoms. The molecule has 114 valence electrons. The van der Waals surface area contributed by atoms with Crippen molar-refractivity contribution in [2.75, 3.05) is 26.4 Å². The van der Waals surface area contributed by atoms with Gasteiger partial charge in [0, 0.05) is 43.8 Å². The van der Waals surface area contributed by atoms with E-state index in [-0.39, 0.29) is 4.75 Å². The van der Waals surface area contributed by atoms with Gasteiger partial charge in [0.2, 0.25) is 0 Å². The molecule has 2 N–H and O–H groups in total. The summed E-state index contributed by atoms with van der Waals surface area (Å²) in [4.78, 5) is 4.26. The van der Waals surface area contributed by atoms with Crippen molar-refractivity contribution < 1.29 is 0 Å². The highest BCUT2D eigenvalue weighted by molar-refractivity contribution is 7.99. The van der Waals surface area contributed by atoms with Crippen molar-refractivity contribution in [3.63, 3.8) is 0 Å². The molecular formula is C14H27N5S. The van der Waals surface area contributed by atoms with Crippen LogP contribution in [0.4, 0.5) is 0 Å². The molecule has 0 saturated heterocycles. The quantitative estimate of drug-likeness (QED) is 0.595. The summed E-state index contributed by atoms with van der Waals surface area (Å²) in [6.07, 6.45) is 5.93. The second kappa shape index (κ2) is 8.19. The summed E-state index contributed by atoms with van der Waals surface area (Å²) >= 11 is 1.85. The van der Waals surface area contributed by atoms with E-state index in [1.54, 1.807) is 7.05 Å². The number of aliphatic imine (C=N–C) groups is 1. The maximum absolute atomic E-state index is 4.26. The van der Waals surface area contributed by atoms with E-state index in [2.05, 4.69) is 47.8 Å². The molecular weight excluding hydrogens is 270 g/mol. The standard InChI is InChI=1S/C14H27N5S/c1-12(10-19-8-6-7-18-19)9-16-13(15-4)17-11-14(2,3)20-5/h6-8,12H,9-11H2,1-5H3,(H2,15,16,17). The van der Waals surface area contributed by atoms with Crippen molar-refractivity contribution in [1.82, 2.24) is 20.4 Å². The number of rotatable bonds is 7. The lowest BCUT2D eigenvalue weighted by molar-refractivity contribution is 0.443. The van der Waals surface area contributed by atoms with E-state index in [0.29, 0.717) is 5.92 Å². The number of nitrogens with one attached hydrogen (secondary N) is 2.